The topological polar surface area (TPSA) is 107 Å². The number of hydrogen-bond acceptors (Lipinski definition) is 6. The van der Waals surface area contributed by atoms with Crippen LogP contribution >= 0.6 is 69.3 Å². The number of aryl methyl sites for hydroxylation is 1. The van der Waals surface area contributed by atoms with Gasteiger partial charge in [-0.3, -0.25) is 9.59 Å². The maximum Gasteiger partial charge on any atom is 0.433 e. The Bertz CT molecular complexity index is 1590. The number of rotatable bonds is 6. The van der Waals surface area contributed by atoms with E-state index in [-0.39, 0.29) is 75.3 Å². The molecule has 0 unspecified atom stereocenters. The summed E-state index contributed by atoms with van der Waals surface area (Å²) in [7, 11) is 0. The molecule has 0 fully saturated rings. The first-order valence-corrected chi connectivity index (χ1v) is 12.8. The van der Waals surface area contributed by atoms with Crippen molar-refractivity contribution in [3.63, 3.8) is 0 Å². The van der Waals surface area contributed by atoms with Gasteiger partial charge >= 0.3 is 6.18 Å². The van der Waals surface area contributed by atoms with Gasteiger partial charge in [0.1, 0.15) is 37.8 Å². The normalized spacial score (nSPS) is 11.7. The van der Waals surface area contributed by atoms with E-state index < -0.39 is 23.7 Å². The molecule has 3 aromatic heterocycles. The van der Waals surface area contributed by atoms with Crippen LogP contribution in [0.1, 0.15) is 37.2 Å². The molecule has 0 saturated carbocycles. The number of benzene rings is 1. The van der Waals surface area contributed by atoms with Gasteiger partial charge in [-0.05, 0) is 30.7 Å². The smallest absolute Gasteiger partial charge is 0.433 e. The third kappa shape index (κ3) is 5.36. The molecule has 4 aromatic rings. The lowest BCUT2D eigenvalue weighted by Gasteiger charge is -2.12. The highest BCUT2D eigenvalue weighted by molar-refractivity contribution is 7.21. The van der Waals surface area contributed by atoms with Crippen LogP contribution in [0.2, 0.25) is 25.1 Å². The molecular formula is C22H11Cl5F3N3O4S. The Labute approximate surface area is 240 Å². The van der Waals surface area contributed by atoms with Gasteiger partial charge in [0, 0.05) is 5.39 Å². The van der Waals surface area contributed by atoms with Crippen molar-refractivity contribution in [1.29, 1.82) is 0 Å². The van der Waals surface area contributed by atoms with Crippen LogP contribution in [0.25, 0.3) is 10.2 Å². The maximum absolute atomic E-state index is 13.2. The zero-order valence-electron chi connectivity index (χ0n) is 18.5. The number of thiophene rings is 1. The van der Waals surface area contributed by atoms with Crippen LogP contribution in [0.3, 0.4) is 0 Å². The number of primary amides is 1. The molecule has 1 aromatic carbocycles. The highest BCUT2D eigenvalue weighted by Gasteiger charge is 2.34. The van der Waals surface area contributed by atoms with E-state index in [2.05, 4.69) is 10.3 Å². The van der Waals surface area contributed by atoms with E-state index in [1.54, 1.807) is 0 Å². The van der Waals surface area contributed by atoms with Gasteiger partial charge < -0.3 is 20.2 Å². The highest BCUT2D eigenvalue weighted by atomic mass is 35.5. The molecule has 0 atom stereocenters. The Hall–Kier alpha value is -2.41. The lowest BCUT2D eigenvalue weighted by atomic mass is 10.1. The molecule has 0 aliphatic heterocycles. The minimum Gasteiger partial charge on any atom is -0.482 e. The standard InChI is InChI=1S/C22H11Cl5F3N3O4S/c1-6-4-9(22(28,29)30)32-21-10(6)16(18(38-21)19(31)34)33-20(35)8-3-2-7(37-8)5-36-17-14(26)12(24)11(23)13(25)15(17)27/h2-4H,5H2,1H3,(H2,31,34)(H,33,35). The number of anilines is 1. The van der Waals surface area contributed by atoms with Crippen LogP contribution in [0.15, 0.2) is 22.6 Å². The second-order valence-electron chi connectivity index (χ2n) is 7.58. The quantitative estimate of drug-likeness (QED) is 0.161. The summed E-state index contributed by atoms with van der Waals surface area (Å²) in [5, 5.41) is 2.25. The Morgan fingerprint density at radius 3 is 2.26 bits per heavy atom. The van der Waals surface area contributed by atoms with Crippen molar-refractivity contribution in [2.75, 3.05) is 5.32 Å². The van der Waals surface area contributed by atoms with E-state index >= 15 is 0 Å². The van der Waals surface area contributed by atoms with Crippen molar-refractivity contribution in [1.82, 2.24) is 4.98 Å². The average molecular weight is 648 g/mol. The third-order valence-electron chi connectivity index (χ3n) is 5.03. The second kappa shape index (κ2) is 10.6. The maximum atomic E-state index is 13.2. The largest absolute Gasteiger partial charge is 0.482 e. The first kappa shape index (κ1) is 28.6. The zero-order valence-corrected chi connectivity index (χ0v) is 23.1. The van der Waals surface area contributed by atoms with Crippen molar-refractivity contribution in [2.24, 2.45) is 5.73 Å². The number of hydrogen-bond donors (Lipinski definition) is 2. The molecule has 3 heterocycles. The Morgan fingerprint density at radius 1 is 1.08 bits per heavy atom. The van der Waals surface area contributed by atoms with Crippen molar-refractivity contribution < 1.29 is 31.9 Å². The van der Waals surface area contributed by atoms with Crippen molar-refractivity contribution in [3.8, 4) is 5.75 Å². The predicted octanol–water partition coefficient (Wildman–Crippen LogP) is 8.41. The van der Waals surface area contributed by atoms with E-state index in [9.17, 15) is 22.8 Å². The molecule has 200 valence electrons. The second-order valence-corrected chi connectivity index (χ2v) is 10.5. The van der Waals surface area contributed by atoms with Crippen LogP contribution in [-0.4, -0.2) is 16.8 Å². The SMILES string of the molecule is Cc1cc(C(F)(F)F)nc2sc(C(N)=O)c(NC(=O)c3ccc(COc4c(Cl)c(Cl)c(Cl)c(Cl)c4Cl)o3)c12. The fraction of sp³-hybridized carbons (Fsp3) is 0.136. The van der Waals surface area contributed by atoms with E-state index in [1.165, 1.54) is 19.1 Å². The molecular weight excluding hydrogens is 637 g/mol. The molecule has 0 radical (unpaired) electrons. The molecule has 16 heteroatoms. The number of furan rings is 1. The van der Waals surface area contributed by atoms with Crippen molar-refractivity contribution in [2.45, 2.75) is 19.7 Å². The molecule has 0 saturated heterocycles. The number of fused-ring (bicyclic) bond motifs is 1. The molecule has 0 aliphatic carbocycles. The van der Waals surface area contributed by atoms with Crippen LogP contribution < -0.4 is 15.8 Å². The lowest BCUT2D eigenvalue weighted by molar-refractivity contribution is -0.141. The van der Waals surface area contributed by atoms with Gasteiger partial charge in [0.05, 0.1) is 20.8 Å². The van der Waals surface area contributed by atoms with Crippen LogP contribution in [-0.2, 0) is 12.8 Å². The minimum absolute atomic E-state index is 0.0519. The molecule has 0 spiro atoms. The summed E-state index contributed by atoms with van der Waals surface area (Å²) in [5.41, 5.74) is 4.31. The van der Waals surface area contributed by atoms with E-state index in [4.69, 9.17) is 72.9 Å². The molecule has 0 bridgehead atoms. The first-order chi connectivity index (χ1) is 17.7. The summed E-state index contributed by atoms with van der Waals surface area (Å²) >= 11 is 30.9. The summed E-state index contributed by atoms with van der Waals surface area (Å²) in [6.45, 7) is 1.14. The lowest BCUT2D eigenvalue weighted by Crippen LogP contribution is -2.16. The number of pyridine rings is 1. The Kier molecular flexibility index (Phi) is 8.00. The summed E-state index contributed by atoms with van der Waals surface area (Å²) in [5.74, 6) is -1.89. The molecule has 4 rings (SSSR count). The van der Waals surface area contributed by atoms with Gasteiger partial charge in [-0.1, -0.05) is 58.0 Å². The number of nitrogens with two attached hydrogens (primary N) is 1. The van der Waals surface area contributed by atoms with Crippen LogP contribution in [0, 0.1) is 6.92 Å². The average Bonchev–Trinajstić information content (AvgIpc) is 3.46. The van der Waals surface area contributed by atoms with Crippen molar-refractivity contribution in [3.05, 3.63) is 71.0 Å². The van der Waals surface area contributed by atoms with E-state index in [1.807, 2.05) is 0 Å². The summed E-state index contributed by atoms with van der Waals surface area (Å²) in [6, 6.07) is 3.53. The first-order valence-electron chi connectivity index (χ1n) is 10.1. The van der Waals surface area contributed by atoms with E-state index in [0.717, 1.165) is 6.07 Å². The van der Waals surface area contributed by atoms with Gasteiger partial charge in [-0.2, -0.15) is 13.2 Å². The number of halogens is 8. The number of aromatic nitrogens is 1. The van der Waals surface area contributed by atoms with Crippen LogP contribution in [0.4, 0.5) is 18.9 Å². The summed E-state index contributed by atoms with van der Waals surface area (Å²) < 4.78 is 50.6. The predicted molar refractivity (Wildman–Crippen MR) is 140 cm³/mol. The fourth-order valence-electron chi connectivity index (χ4n) is 3.33. The molecule has 3 N–H and O–H groups in total. The monoisotopic (exact) mass is 645 g/mol. The molecule has 7 nitrogen and oxygen atoms in total. The minimum atomic E-state index is -4.71. The van der Waals surface area contributed by atoms with Gasteiger partial charge in [0.15, 0.2) is 11.5 Å². The number of ether oxygens (including phenoxy) is 1. The fourth-order valence-corrected chi connectivity index (χ4v) is 5.62. The molecule has 38 heavy (non-hydrogen) atoms. The summed E-state index contributed by atoms with van der Waals surface area (Å²) in [4.78, 5) is 28.2. The zero-order chi connectivity index (χ0) is 28.1. The Morgan fingerprint density at radius 2 is 1.68 bits per heavy atom. The van der Waals surface area contributed by atoms with Gasteiger partial charge in [-0.25, -0.2) is 4.98 Å². The molecule has 0 aliphatic rings. The van der Waals surface area contributed by atoms with Crippen molar-refractivity contribution >= 4 is 97.1 Å². The number of alkyl halides is 3. The number of amides is 2. The number of carbonyl (C=O) groups excluding carboxylic acids is 2. The number of carbonyl (C=O) groups is 2. The third-order valence-corrected chi connectivity index (χ3v) is 8.37. The summed E-state index contributed by atoms with van der Waals surface area (Å²) in [6.07, 6.45) is -4.71. The van der Waals surface area contributed by atoms with Gasteiger partial charge in [-0.15, -0.1) is 11.3 Å². The Balaban J connectivity index is 1.60. The van der Waals surface area contributed by atoms with Gasteiger partial charge in [0.25, 0.3) is 11.8 Å². The number of nitrogens with one attached hydrogen (secondary N) is 1. The number of nitrogens with zero attached hydrogens (tertiary/aromatic N) is 1. The van der Waals surface area contributed by atoms with E-state index in [0.29, 0.717) is 11.3 Å². The van der Waals surface area contributed by atoms with Crippen LogP contribution in [0.5, 0.6) is 5.75 Å². The van der Waals surface area contributed by atoms with Gasteiger partial charge in [0.2, 0.25) is 0 Å². The molecule has 2 amide bonds. The highest BCUT2D eigenvalue weighted by Crippen LogP contribution is 2.48.